The smallest absolute Gasteiger partial charge is 0.275 e. The van der Waals surface area contributed by atoms with Gasteiger partial charge in [0.05, 0.1) is 17.6 Å². The van der Waals surface area contributed by atoms with Crippen LogP contribution in [0.2, 0.25) is 0 Å². The molecule has 1 N–H and O–H groups in total. The molecular formula is C20H20FN3O2S. The molecule has 3 heterocycles. The Morgan fingerprint density at radius 1 is 1.26 bits per heavy atom. The highest BCUT2D eigenvalue weighted by atomic mass is 32.1. The van der Waals surface area contributed by atoms with Crippen LogP contribution < -0.4 is 10.2 Å². The normalized spacial score (nSPS) is 14.4. The Hall–Kier alpha value is -2.67. The van der Waals surface area contributed by atoms with Gasteiger partial charge in [0.25, 0.3) is 5.91 Å². The molecule has 7 heteroatoms. The summed E-state index contributed by atoms with van der Waals surface area (Å²) < 4.78 is 19.2. The molecule has 0 aliphatic carbocycles. The summed E-state index contributed by atoms with van der Waals surface area (Å²) in [5.41, 5.74) is 1.66. The van der Waals surface area contributed by atoms with Gasteiger partial charge in [0.15, 0.2) is 10.8 Å². The zero-order chi connectivity index (χ0) is 18.8. The highest BCUT2D eigenvalue weighted by Crippen LogP contribution is 2.32. The number of thiazole rings is 1. The summed E-state index contributed by atoms with van der Waals surface area (Å²) in [6, 6.07) is 8.13. The van der Waals surface area contributed by atoms with Crippen molar-refractivity contribution in [1.29, 1.82) is 0 Å². The van der Waals surface area contributed by atoms with E-state index in [9.17, 15) is 9.18 Å². The number of aryl methyl sites for hydroxylation is 1. The molecule has 1 saturated heterocycles. The first-order valence-corrected chi connectivity index (χ1v) is 9.80. The zero-order valence-corrected chi connectivity index (χ0v) is 15.8. The van der Waals surface area contributed by atoms with E-state index in [1.807, 2.05) is 6.92 Å². The van der Waals surface area contributed by atoms with Gasteiger partial charge in [-0.15, -0.1) is 11.3 Å². The van der Waals surface area contributed by atoms with Crippen molar-refractivity contribution in [2.45, 2.75) is 26.2 Å². The predicted molar refractivity (Wildman–Crippen MR) is 105 cm³/mol. The number of carbonyl (C=O) groups is 1. The first-order chi connectivity index (χ1) is 13.1. The molecule has 0 spiro atoms. The molecule has 2 aromatic heterocycles. The lowest BCUT2D eigenvalue weighted by Crippen LogP contribution is -2.30. The fourth-order valence-electron chi connectivity index (χ4n) is 3.31. The largest absolute Gasteiger partial charge is 0.462 e. The lowest BCUT2D eigenvalue weighted by Gasteiger charge is -2.30. The monoisotopic (exact) mass is 385 g/mol. The molecule has 27 heavy (non-hydrogen) atoms. The quantitative estimate of drug-likeness (QED) is 0.679. The number of rotatable bonds is 4. The van der Waals surface area contributed by atoms with Crippen molar-refractivity contribution in [3.63, 3.8) is 0 Å². The van der Waals surface area contributed by atoms with E-state index >= 15 is 0 Å². The van der Waals surface area contributed by atoms with Gasteiger partial charge >= 0.3 is 0 Å². The number of nitrogens with one attached hydrogen (secondary N) is 1. The van der Waals surface area contributed by atoms with Crippen molar-refractivity contribution >= 4 is 28.6 Å². The third-order valence-corrected chi connectivity index (χ3v) is 5.63. The molecule has 5 nitrogen and oxygen atoms in total. The van der Waals surface area contributed by atoms with E-state index in [0.717, 1.165) is 36.5 Å². The number of benzene rings is 1. The van der Waals surface area contributed by atoms with Gasteiger partial charge in [0, 0.05) is 18.0 Å². The summed E-state index contributed by atoms with van der Waals surface area (Å²) in [6.45, 7) is 3.66. The fourth-order valence-corrected chi connectivity index (χ4v) is 4.19. The topological polar surface area (TPSA) is 58.4 Å². The first-order valence-electron chi connectivity index (χ1n) is 8.99. The van der Waals surface area contributed by atoms with Crippen LogP contribution in [0.3, 0.4) is 0 Å². The van der Waals surface area contributed by atoms with Crippen molar-refractivity contribution in [1.82, 2.24) is 4.98 Å². The molecule has 1 fully saturated rings. The molecule has 1 aromatic carbocycles. The van der Waals surface area contributed by atoms with Crippen molar-refractivity contribution in [2.75, 3.05) is 23.3 Å². The summed E-state index contributed by atoms with van der Waals surface area (Å²) in [5, 5.41) is 3.51. The molecular weight excluding hydrogens is 365 g/mol. The highest BCUT2D eigenvalue weighted by Gasteiger charge is 2.21. The molecule has 0 unspecified atom stereocenters. The van der Waals surface area contributed by atoms with E-state index in [-0.39, 0.29) is 11.7 Å². The lowest BCUT2D eigenvalue weighted by atomic mass is 10.1. The number of anilines is 2. The van der Waals surface area contributed by atoms with Gasteiger partial charge in [-0.25, -0.2) is 9.37 Å². The van der Waals surface area contributed by atoms with Crippen LogP contribution in [0.4, 0.5) is 15.8 Å². The van der Waals surface area contributed by atoms with Crippen LogP contribution in [-0.2, 0) is 0 Å². The zero-order valence-electron chi connectivity index (χ0n) is 15.0. The van der Waals surface area contributed by atoms with E-state index in [1.54, 1.807) is 24.5 Å². The number of hydrogen-bond acceptors (Lipinski definition) is 5. The number of amides is 1. The van der Waals surface area contributed by atoms with E-state index in [0.29, 0.717) is 22.1 Å². The third-order valence-electron chi connectivity index (χ3n) is 4.65. The molecule has 1 aliphatic heterocycles. The minimum Gasteiger partial charge on any atom is -0.462 e. The molecule has 0 saturated carbocycles. The van der Waals surface area contributed by atoms with Crippen molar-refractivity contribution in [2.24, 2.45) is 0 Å². The Morgan fingerprint density at radius 2 is 2.07 bits per heavy atom. The van der Waals surface area contributed by atoms with E-state index < -0.39 is 0 Å². The number of hydrogen-bond donors (Lipinski definition) is 1. The number of nitrogens with zero attached hydrogens (tertiary/aromatic N) is 2. The molecule has 0 atom stereocenters. The minimum absolute atomic E-state index is 0.334. The average Bonchev–Trinajstić information content (AvgIpc) is 3.32. The van der Waals surface area contributed by atoms with Gasteiger partial charge in [0.2, 0.25) is 0 Å². The number of carbonyl (C=O) groups excluding carboxylic acids is 1. The number of furan rings is 1. The Balaban J connectivity index is 1.60. The SMILES string of the molecule is Cc1sc(-c2ccco2)nc1C(=O)Nc1cc(F)ccc1N1CCCCC1. The number of aromatic nitrogens is 1. The van der Waals surface area contributed by atoms with Gasteiger partial charge in [-0.3, -0.25) is 4.79 Å². The summed E-state index contributed by atoms with van der Waals surface area (Å²) >= 11 is 1.40. The maximum atomic E-state index is 13.8. The van der Waals surface area contributed by atoms with E-state index in [1.165, 1.54) is 29.9 Å². The maximum Gasteiger partial charge on any atom is 0.275 e. The second-order valence-corrected chi connectivity index (χ2v) is 7.77. The molecule has 140 valence electrons. The fraction of sp³-hybridized carbons (Fsp3) is 0.300. The second-order valence-electron chi connectivity index (χ2n) is 6.56. The predicted octanol–water partition coefficient (Wildman–Crippen LogP) is 5.09. The molecule has 0 radical (unpaired) electrons. The van der Waals surface area contributed by atoms with Gasteiger partial charge in [-0.1, -0.05) is 0 Å². The second kappa shape index (κ2) is 7.52. The summed E-state index contributed by atoms with van der Waals surface area (Å²) in [6.07, 6.45) is 4.97. The van der Waals surface area contributed by atoms with Crippen molar-refractivity contribution in [3.8, 4) is 10.8 Å². The summed E-state index contributed by atoms with van der Waals surface area (Å²) in [4.78, 5) is 20.2. The Labute approximate surface area is 160 Å². The first kappa shape index (κ1) is 17.7. The van der Waals surface area contributed by atoms with Crippen molar-refractivity contribution in [3.05, 3.63) is 53.0 Å². The van der Waals surface area contributed by atoms with Gasteiger partial charge in [-0.2, -0.15) is 0 Å². The van der Waals surface area contributed by atoms with E-state index in [2.05, 4.69) is 15.2 Å². The van der Waals surface area contributed by atoms with Crippen LogP contribution in [0.5, 0.6) is 0 Å². The molecule has 1 aliphatic rings. The van der Waals surface area contributed by atoms with Crippen LogP contribution in [-0.4, -0.2) is 24.0 Å². The van der Waals surface area contributed by atoms with Gasteiger partial charge < -0.3 is 14.6 Å². The van der Waals surface area contributed by atoms with Crippen LogP contribution >= 0.6 is 11.3 Å². The summed E-state index contributed by atoms with van der Waals surface area (Å²) in [5.74, 6) is -0.0929. The van der Waals surface area contributed by atoms with Crippen LogP contribution in [0.25, 0.3) is 10.8 Å². The van der Waals surface area contributed by atoms with Crippen molar-refractivity contribution < 1.29 is 13.6 Å². The number of halogens is 1. The molecule has 3 aromatic rings. The standard InChI is InChI=1S/C20H20FN3O2S/c1-13-18(23-20(27-13)17-6-5-11-26-17)19(25)22-15-12-14(21)7-8-16(15)24-9-3-2-4-10-24/h5-8,11-12H,2-4,9-10H2,1H3,(H,22,25). The van der Waals surface area contributed by atoms with Crippen LogP contribution in [0.15, 0.2) is 41.0 Å². The number of piperidine rings is 1. The van der Waals surface area contributed by atoms with Crippen LogP contribution in [0.1, 0.15) is 34.6 Å². The minimum atomic E-state index is -0.377. The molecule has 4 rings (SSSR count). The summed E-state index contributed by atoms with van der Waals surface area (Å²) in [7, 11) is 0. The van der Waals surface area contributed by atoms with Crippen LogP contribution in [0, 0.1) is 12.7 Å². The van der Waals surface area contributed by atoms with E-state index in [4.69, 9.17) is 4.42 Å². The molecule has 0 bridgehead atoms. The van der Waals surface area contributed by atoms with Gasteiger partial charge in [-0.05, 0) is 56.5 Å². The Bertz CT molecular complexity index is 946. The highest BCUT2D eigenvalue weighted by molar-refractivity contribution is 7.15. The Morgan fingerprint density at radius 3 is 2.81 bits per heavy atom. The Kier molecular flexibility index (Phi) is 4.94. The van der Waals surface area contributed by atoms with Gasteiger partial charge in [0.1, 0.15) is 11.5 Å². The lowest BCUT2D eigenvalue weighted by molar-refractivity contribution is 0.102. The average molecular weight is 385 g/mol. The maximum absolute atomic E-state index is 13.8. The third kappa shape index (κ3) is 3.73. The molecule has 1 amide bonds.